The van der Waals surface area contributed by atoms with Crippen molar-refractivity contribution < 1.29 is 31.5 Å². The second-order valence-corrected chi connectivity index (χ2v) is 5.98. The Hall–Kier alpha value is -1.57. The van der Waals surface area contributed by atoms with Crippen molar-refractivity contribution in [1.29, 1.82) is 0 Å². The third-order valence-electron chi connectivity index (χ3n) is 3.93. The fraction of sp³-hybridized carbons (Fsp3) is 0.688. The number of ether oxygens (including phenoxy) is 1. The molecule has 0 unspecified atom stereocenters. The molecule has 0 radical (unpaired) electrons. The van der Waals surface area contributed by atoms with Gasteiger partial charge in [-0.1, -0.05) is 25.7 Å². The number of carbonyl (C=O) groups excluding carboxylic acids is 1. The molecule has 0 saturated heterocycles. The monoisotopic (exact) mass is 351 g/mol. The minimum atomic E-state index is -4.20. The van der Waals surface area contributed by atoms with Crippen molar-refractivity contribution in [2.45, 2.75) is 63.5 Å². The smallest absolute Gasteiger partial charge is 0.330 e. The minimum absolute atomic E-state index is 0.0541. The quantitative estimate of drug-likeness (QED) is 0.593. The molecule has 4 nitrogen and oxygen atoms in total. The van der Waals surface area contributed by atoms with Crippen molar-refractivity contribution in [2.24, 2.45) is 0 Å². The standard InChI is InChI=1S/C16H21F4NO3/c17-15(18)16(19,20)10-23-9-12-7-8-13(24-12)14(22)21-11-5-3-1-2-4-6-11/h7-8,11,15H,1-6,9-10H2,(H,21,22). The highest BCUT2D eigenvalue weighted by molar-refractivity contribution is 5.91. The van der Waals surface area contributed by atoms with Crippen molar-refractivity contribution in [3.63, 3.8) is 0 Å². The average molecular weight is 351 g/mol. The summed E-state index contributed by atoms with van der Waals surface area (Å²) in [4.78, 5) is 12.1. The van der Waals surface area contributed by atoms with E-state index in [9.17, 15) is 22.4 Å². The summed E-state index contributed by atoms with van der Waals surface area (Å²) in [6.07, 6.45) is 2.53. The molecule has 1 fully saturated rings. The first-order valence-corrected chi connectivity index (χ1v) is 8.02. The third-order valence-corrected chi connectivity index (χ3v) is 3.93. The Balaban J connectivity index is 1.80. The van der Waals surface area contributed by atoms with Crippen LogP contribution in [0.2, 0.25) is 0 Å². The van der Waals surface area contributed by atoms with Crippen LogP contribution in [0.4, 0.5) is 17.6 Å². The van der Waals surface area contributed by atoms with Crippen LogP contribution in [0.1, 0.15) is 54.8 Å². The normalized spacial score (nSPS) is 17.0. The largest absolute Gasteiger partial charge is 0.453 e. The van der Waals surface area contributed by atoms with Gasteiger partial charge in [0.25, 0.3) is 5.91 Å². The van der Waals surface area contributed by atoms with Gasteiger partial charge in [0.1, 0.15) is 19.0 Å². The maximum absolute atomic E-state index is 12.7. The van der Waals surface area contributed by atoms with Crippen LogP contribution in [0.25, 0.3) is 0 Å². The number of halogens is 4. The van der Waals surface area contributed by atoms with E-state index in [2.05, 4.69) is 10.1 Å². The molecule has 136 valence electrons. The van der Waals surface area contributed by atoms with Gasteiger partial charge in [-0.3, -0.25) is 4.79 Å². The van der Waals surface area contributed by atoms with Gasteiger partial charge in [0, 0.05) is 6.04 Å². The predicted molar refractivity (Wildman–Crippen MR) is 78.3 cm³/mol. The topological polar surface area (TPSA) is 51.5 Å². The molecule has 2 rings (SSSR count). The Morgan fingerprint density at radius 3 is 2.54 bits per heavy atom. The number of carbonyl (C=O) groups is 1. The van der Waals surface area contributed by atoms with Gasteiger partial charge >= 0.3 is 12.3 Å². The van der Waals surface area contributed by atoms with Crippen molar-refractivity contribution in [3.05, 3.63) is 23.7 Å². The van der Waals surface area contributed by atoms with E-state index in [1.807, 2.05) is 0 Å². The molecule has 1 aromatic heterocycles. The SMILES string of the molecule is O=C(NC1CCCCCC1)c1ccc(COCC(F)(F)C(F)F)o1. The molecule has 24 heavy (non-hydrogen) atoms. The Bertz CT molecular complexity index is 525. The van der Waals surface area contributed by atoms with Crippen LogP contribution in [0, 0.1) is 0 Å². The van der Waals surface area contributed by atoms with Gasteiger partial charge in [-0.05, 0) is 25.0 Å². The predicted octanol–water partition coefficient (Wildman–Crippen LogP) is 4.15. The first kappa shape index (κ1) is 18.8. The van der Waals surface area contributed by atoms with E-state index in [4.69, 9.17) is 4.42 Å². The fourth-order valence-corrected chi connectivity index (χ4v) is 2.61. The van der Waals surface area contributed by atoms with Crippen LogP contribution in [0.15, 0.2) is 16.5 Å². The zero-order chi connectivity index (χ0) is 17.6. The summed E-state index contributed by atoms with van der Waals surface area (Å²) in [5.41, 5.74) is 0. The van der Waals surface area contributed by atoms with Crippen LogP contribution in [0.5, 0.6) is 0 Å². The summed E-state index contributed by atoms with van der Waals surface area (Å²) in [5, 5.41) is 2.89. The van der Waals surface area contributed by atoms with Gasteiger partial charge in [-0.25, -0.2) is 8.78 Å². The first-order chi connectivity index (χ1) is 11.4. The maximum Gasteiger partial charge on any atom is 0.330 e. The Morgan fingerprint density at radius 2 is 1.92 bits per heavy atom. The highest BCUT2D eigenvalue weighted by Gasteiger charge is 2.41. The molecular weight excluding hydrogens is 330 g/mol. The summed E-state index contributed by atoms with van der Waals surface area (Å²) in [5.74, 6) is -4.39. The van der Waals surface area contributed by atoms with Gasteiger partial charge in [-0.2, -0.15) is 8.78 Å². The molecule has 1 amide bonds. The lowest BCUT2D eigenvalue weighted by molar-refractivity contribution is -0.169. The fourth-order valence-electron chi connectivity index (χ4n) is 2.61. The Kier molecular flexibility index (Phi) is 6.65. The van der Waals surface area contributed by atoms with E-state index in [1.165, 1.54) is 12.1 Å². The first-order valence-electron chi connectivity index (χ1n) is 8.02. The van der Waals surface area contributed by atoms with E-state index < -0.39 is 25.6 Å². The molecule has 1 saturated carbocycles. The average Bonchev–Trinajstić information content (AvgIpc) is 2.84. The summed E-state index contributed by atoms with van der Waals surface area (Å²) in [7, 11) is 0. The Morgan fingerprint density at radius 1 is 1.25 bits per heavy atom. The van der Waals surface area contributed by atoms with Crippen LogP contribution >= 0.6 is 0 Å². The van der Waals surface area contributed by atoms with E-state index >= 15 is 0 Å². The van der Waals surface area contributed by atoms with Crippen molar-refractivity contribution in [1.82, 2.24) is 5.32 Å². The number of hydrogen-bond donors (Lipinski definition) is 1. The molecule has 0 aliphatic heterocycles. The lowest BCUT2D eigenvalue weighted by Gasteiger charge is -2.15. The molecule has 1 aliphatic rings. The molecule has 8 heteroatoms. The van der Waals surface area contributed by atoms with E-state index in [0.717, 1.165) is 38.5 Å². The van der Waals surface area contributed by atoms with Gasteiger partial charge in [0.2, 0.25) is 0 Å². The molecule has 0 bridgehead atoms. The van der Waals surface area contributed by atoms with Crippen molar-refractivity contribution in [2.75, 3.05) is 6.61 Å². The maximum atomic E-state index is 12.7. The van der Waals surface area contributed by atoms with Gasteiger partial charge in [-0.15, -0.1) is 0 Å². The highest BCUT2D eigenvalue weighted by atomic mass is 19.3. The Labute approximate surface area is 137 Å². The summed E-state index contributed by atoms with van der Waals surface area (Å²) in [6, 6.07) is 2.92. The molecular formula is C16H21F4NO3. The number of alkyl halides is 4. The summed E-state index contributed by atoms with van der Waals surface area (Å²) < 4.78 is 59.2. The minimum Gasteiger partial charge on any atom is -0.453 e. The van der Waals surface area contributed by atoms with Crippen molar-refractivity contribution in [3.8, 4) is 0 Å². The summed E-state index contributed by atoms with van der Waals surface area (Å²) in [6.45, 7) is -1.81. The zero-order valence-electron chi connectivity index (χ0n) is 13.2. The third kappa shape index (κ3) is 5.51. The van der Waals surface area contributed by atoms with Crippen molar-refractivity contribution >= 4 is 5.91 Å². The zero-order valence-corrected chi connectivity index (χ0v) is 13.2. The molecule has 1 heterocycles. The van der Waals surface area contributed by atoms with Gasteiger partial charge in [0.15, 0.2) is 5.76 Å². The van der Waals surface area contributed by atoms with Gasteiger partial charge in [0.05, 0.1) is 0 Å². The number of rotatable bonds is 7. The number of furan rings is 1. The van der Waals surface area contributed by atoms with Crippen LogP contribution in [-0.4, -0.2) is 30.9 Å². The van der Waals surface area contributed by atoms with Crippen LogP contribution in [-0.2, 0) is 11.3 Å². The van der Waals surface area contributed by atoms with Crippen LogP contribution < -0.4 is 5.32 Å². The molecule has 1 N–H and O–H groups in total. The second kappa shape index (κ2) is 8.50. The lowest BCUT2D eigenvalue weighted by atomic mass is 10.1. The number of amides is 1. The molecule has 1 aliphatic carbocycles. The molecule has 0 spiro atoms. The number of hydrogen-bond acceptors (Lipinski definition) is 3. The van der Waals surface area contributed by atoms with E-state index in [0.29, 0.717) is 0 Å². The molecule has 0 aromatic carbocycles. The molecule has 1 aromatic rings. The van der Waals surface area contributed by atoms with Crippen LogP contribution in [0.3, 0.4) is 0 Å². The van der Waals surface area contributed by atoms with E-state index in [1.54, 1.807) is 0 Å². The lowest BCUT2D eigenvalue weighted by Crippen LogP contribution is -2.34. The van der Waals surface area contributed by atoms with Gasteiger partial charge < -0.3 is 14.5 Å². The molecule has 0 atom stereocenters. The number of nitrogens with one attached hydrogen (secondary N) is 1. The second-order valence-electron chi connectivity index (χ2n) is 5.98. The summed E-state index contributed by atoms with van der Waals surface area (Å²) >= 11 is 0. The highest BCUT2D eigenvalue weighted by Crippen LogP contribution is 2.23. The van der Waals surface area contributed by atoms with E-state index in [-0.39, 0.29) is 23.5 Å².